The number of hydrogen-bond donors (Lipinski definition) is 0. The van der Waals surface area contributed by atoms with Gasteiger partial charge in [-0.3, -0.25) is 4.79 Å². The zero-order valence-electron chi connectivity index (χ0n) is 14.5. The summed E-state index contributed by atoms with van der Waals surface area (Å²) in [5.74, 6) is -1.41. The van der Waals surface area contributed by atoms with E-state index in [9.17, 15) is 18.0 Å². The molecule has 29 heavy (non-hydrogen) atoms. The average Bonchev–Trinajstić information content (AvgIpc) is 2.62. The minimum atomic E-state index is -4.96. The summed E-state index contributed by atoms with van der Waals surface area (Å²) in [6.45, 7) is 0.0472. The third-order valence-electron chi connectivity index (χ3n) is 3.60. The van der Waals surface area contributed by atoms with Crippen molar-refractivity contribution in [3.63, 3.8) is 0 Å². The van der Waals surface area contributed by atoms with Crippen LogP contribution in [-0.2, 0) is 6.42 Å². The Morgan fingerprint density at radius 1 is 1.03 bits per heavy atom. The largest absolute Gasteiger partial charge is 0.490 e. The van der Waals surface area contributed by atoms with Crippen LogP contribution in [0.3, 0.4) is 0 Å². The lowest BCUT2D eigenvalue weighted by molar-refractivity contribution is -0.0885. The highest BCUT2D eigenvalue weighted by atomic mass is 35.5. The SMILES string of the molecule is O=C(c1ccccc1CCOc1c(Cl)cc(OCC=C(Cl)Cl)cc1Cl)C(F)(F)F. The second kappa shape index (κ2) is 10.4. The number of alkyl halides is 3. The number of ketones is 1. The van der Waals surface area contributed by atoms with Crippen LogP contribution in [-0.4, -0.2) is 25.2 Å². The number of hydrogen-bond acceptors (Lipinski definition) is 3. The van der Waals surface area contributed by atoms with Crippen LogP contribution in [0.4, 0.5) is 13.2 Å². The molecule has 2 aromatic carbocycles. The van der Waals surface area contributed by atoms with Crippen molar-refractivity contribution in [1.82, 2.24) is 0 Å². The van der Waals surface area contributed by atoms with Gasteiger partial charge in [-0.25, -0.2) is 0 Å². The van der Waals surface area contributed by atoms with Crippen LogP contribution < -0.4 is 9.47 Å². The molecule has 0 fully saturated rings. The van der Waals surface area contributed by atoms with Crippen LogP contribution in [0.15, 0.2) is 47.0 Å². The van der Waals surface area contributed by atoms with E-state index in [4.69, 9.17) is 55.9 Å². The number of carbonyl (C=O) groups excluding carboxylic acids is 1. The molecule has 0 saturated carbocycles. The molecule has 10 heteroatoms. The predicted octanol–water partition coefficient (Wildman–Crippen LogP) is 7.06. The number of rotatable bonds is 8. The first-order valence-electron chi connectivity index (χ1n) is 8.05. The highest BCUT2D eigenvalue weighted by Crippen LogP contribution is 2.37. The lowest BCUT2D eigenvalue weighted by Gasteiger charge is -2.14. The van der Waals surface area contributed by atoms with E-state index in [-0.39, 0.29) is 45.5 Å². The fraction of sp³-hybridized carbons (Fsp3) is 0.211. The summed E-state index contributed by atoms with van der Waals surface area (Å²) in [5, 5.41) is 0.293. The summed E-state index contributed by atoms with van der Waals surface area (Å²) in [5.41, 5.74) is -0.220. The zero-order chi connectivity index (χ0) is 21.6. The van der Waals surface area contributed by atoms with Crippen LogP contribution in [0.2, 0.25) is 10.0 Å². The van der Waals surface area contributed by atoms with Gasteiger partial charge in [0.05, 0.1) is 16.7 Å². The van der Waals surface area contributed by atoms with Gasteiger partial charge in [-0.1, -0.05) is 70.7 Å². The van der Waals surface area contributed by atoms with Crippen molar-refractivity contribution in [2.75, 3.05) is 13.2 Å². The van der Waals surface area contributed by atoms with Crippen molar-refractivity contribution in [2.45, 2.75) is 12.6 Å². The lowest BCUT2D eigenvalue weighted by atomic mass is 10.0. The van der Waals surface area contributed by atoms with E-state index in [1.807, 2.05) is 0 Å². The Morgan fingerprint density at radius 3 is 2.24 bits per heavy atom. The van der Waals surface area contributed by atoms with Gasteiger partial charge < -0.3 is 9.47 Å². The summed E-state index contributed by atoms with van der Waals surface area (Å²) in [6.07, 6.45) is -3.49. The van der Waals surface area contributed by atoms with Crippen LogP contribution in [0.1, 0.15) is 15.9 Å². The molecule has 0 aliphatic carbocycles. The van der Waals surface area contributed by atoms with Crippen molar-refractivity contribution in [3.8, 4) is 11.5 Å². The van der Waals surface area contributed by atoms with Gasteiger partial charge in [-0.2, -0.15) is 13.2 Å². The van der Waals surface area contributed by atoms with Crippen LogP contribution in [0.5, 0.6) is 11.5 Å². The number of halogens is 7. The molecule has 0 atom stereocenters. The Hall–Kier alpha value is -1.60. The second-order valence-corrected chi connectivity index (χ2v) is 7.43. The highest BCUT2D eigenvalue weighted by Gasteiger charge is 2.40. The molecule has 0 N–H and O–H groups in total. The molecule has 156 valence electrons. The van der Waals surface area contributed by atoms with Crippen LogP contribution in [0, 0.1) is 0 Å². The van der Waals surface area contributed by atoms with Gasteiger partial charge in [-0.15, -0.1) is 0 Å². The first-order valence-corrected chi connectivity index (χ1v) is 9.56. The van der Waals surface area contributed by atoms with Crippen LogP contribution in [0.25, 0.3) is 0 Å². The Morgan fingerprint density at radius 2 is 1.66 bits per heavy atom. The van der Waals surface area contributed by atoms with Gasteiger partial charge in [0.25, 0.3) is 5.78 Å². The molecule has 2 rings (SSSR count). The molecule has 0 aliphatic rings. The quantitative estimate of drug-likeness (QED) is 0.374. The van der Waals surface area contributed by atoms with Gasteiger partial charge in [0.2, 0.25) is 0 Å². The normalized spacial score (nSPS) is 11.1. The van der Waals surface area contributed by atoms with E-state index in [1.165, 1.54) is 36.4 Å². The van der Waals surface area contributed by atoms with Crippen molar-refractivity contribution in [1.29, 1.82) is 0 Å². The third kappa shape index (κ3) is 7.00. The second-order valence-electron chi connectivity index (χ2n) is 5.60. The topological polar surface area (TPSA) is 35.5 Å². The minimum absolute atomic E-state index is 0.0436. The first kappa shape index (κ1) is 23.7. The van der Waals surface area contributed by atoms with Crippen molar-refractivity contribution in [3.05, 3.63) is 68.1 Å². The van der Waals surface area contributed by atoms with Crippen molar-refractivity contribution in [2.24, 2.45) is 0 Å². The molecule has 0 radical (unpaired) electrons. The van der Waals surface area contributed by atoms with Gasteiger partial charge in [0.15, 0.2) is 5.75 Å². The van der Waals surface area contributed by atoms with Gasteiger partial charge in [-0.05, 0) is 11.6 Å². The molecule has 2 aromatic rings. The Bertz CT molecular complexity index is 887. The van der Waals surface area contributed by atoms with Crippen molar-refractivity contribution >= 4 is 52.2 Å². The van der Waals surface area contributed by atoms with Gasteiger partial charge in [0.1, 0.15) is 16.8 Å². The van der Waals surface area contributed by atoms with E-state index < -0.39 is 17.5 Å². The molecule has 0 saturated heterocycles. The molecular weight excluding hydrogens is 475 g/mol. The number of Topliss-reactive ketones (excluding diaryl/α,β-unsaturated/α-hetero) is 1. The van der Waals surface area contributed by atoms with E-state index >= 15 is 0 Å². The summed E-state index contributed by atoms with van der Waals surface area (Å²) < 4.78 is 49.1. The minimum Gasteiger partial charge on any atom is -0.490 e. The van der Waals surface area contributed by atoms with Crippen molar-refractivity contribution < 1.29 is 27.4 Å². The summed E-state index contributed by atoms with van der Waals surface area (Å²) >= 11 is 23.3. The molecule has 0 unspecified atom stereocenters. The molecule has 0 amide bonds. The molecular formula is C19H13Cl4F3O3. The Kier molecular flexibility index (Phi) is 8.52. The highest BCUT2D eigenvalue weighted by molar-refractivity contribution is 6.55. The maximum Gasteiger partial charge on any atom is 0.454 e. The Labute approximate surface area is 184 Å². The smallest absolute Gasteiger partial charge is 0.454 e. The van der Waals surface area contributed by atoms with Gasteiger partial charge >= 0.3 is 6.18 Å². The van der Waals surface area contributed by atoms with E-state index in [0.29, 0.717) is 5.75 Å². The fourth-order valence-corrected chi connectivity index (χ4v) is 3.04. The Balaban J connectivity index is 2.06. The maximum atomic E-state index is 12.7. The first-order chi connectivity index (χ1) is 13.6. The molecule has 0 heterocycles. The van der Waals surface area contributed by atoms with Gasteiger partial charge in [0, 0.05) is 24.1 Å². The maximum absolute atomic E-state index is 12.7. The van der Waals surface area contributed by atoms with E-state index in [2.05, 4.69) is 0 Å². The number of carbonyl (C=O) groups is 1. The standard InChI is InChI=1S/C19H13Cl4F3O3/c20-14-9-12(28-8-6-16(22)23)10-15(21)17(14)29-7-5-11-3-1-2-4-13(11)18(27)19(24,25)26/h1-4,6,9-10H,5,7-8H2. The average molecular weight is 488 g/mol. The summed E-state index contributed by atoms with van der Waals surface area (Å²) in [7, 11) is 0. The molecule has 0 spiro atoms. The third-order valence-corrected chi connectivity index (χ3v) is 4.47. The van der Waals surface area contributed by atoms with E-state index in [0.717, 1.165) is 6.07 Å². The van der Waals surface area contributed by atoms with Crippen LogP contribution >= 0.6 is 46.4 Å². The monoisotopic (exact) mass is 486 g/mol. The predicted molar refractivity (Wildman–Crippen MR) is 108 cm³/mol. The number of benzene rings is 2. The number of ether oxygens (including phenoxy) is 2. The lowest BCUT2D eigenvalue weighted by Crippen LogP contribution is -2.24. The zero-order valence-corrected chi connectivity index (χ0v) is 17.6. The molecule has 0 aliphatic heterocycles. The molecule has 3 nitrogen and oxygen atoms in total. The summed E-state index contributed by atoms with van der Waals surface area (Å²) in [4.78, 5) is 11.6. The van der Waals surface area contributed by atoms with E-state index in [1.54, 1.807) is 0 Å². The summed E-state index contributed by atoms with van der Waals surface area (Å²) in [6, 6.07) is 8.37. The fourth-order valence-electron chi connectivity index (χ4n) is 2.33. The molecule has 0 bridgehead atoms. The molecule has 0 aromatic heterocycles.